The molecule has 0 N–H and O–H groups in total. The summed E-state index contributed by atoms with van der Waals surface area (Å²) in [5, 5.41) is -0.0833. The number of benzene rings is 1. The summed E-state index contributed by atoms with van der Waals surface area (Å²) in [5.74, 6) is -5.27. The van der Waals surface area contributed by atoms with Gasteiger partial charge in [0.05, 0.1) is 10.9 Å². The number of aromatic nitrogens is 1. The Morgan fingerprint density at radius 1 is 0.667 bits per heavy atom. The van der Waals surface area contributed by atoms with Crippen molar-refractivity contribution >= 4 is 34.8 Å². The second-order valence-corrected chi connectivity index (χ2v) is 5.25. The van der Waals surface area contributed by atoms with E-state index in [-0.39, 0.29) is 16.7 Å². The van der Waals surface area contributed by atoms with Gasteiger partial charge in [0, 0.05) is 24.3 Å². The van der Waals surface area contributed by atoms with E-state index in [1.807, 2.05) is 0 Å². The molecule has 0 saturated heterocycles. The molecule has 0 aliphatic carbocycles. The van der Waals surface area contributed by atoms with E-state index in [0.29, 0.717) is 4.73 Å². The van der Waals surface area contributed by atoms with Gasteiger partial charge in [-0.15, -0.1) is 4.73 Å². The third kappa shape index (κ3) is 2.74. The Morgan fingerprint density at radius 2 is 1.26 bits per heavy atom. The monoisotopic (exact) mass is 369 g/mol. The van der Waals surface area contributed by atoms with Gasteiger partial charge in [-0.05, 0) is 12.1 Å². The van der Waals surface area contributed by atoms with Crippen LogP contribution in [0.3, 0.4) is 0 Å². The second-order valence-electron chi connectivity index (χ2n) is 5.25. The minimum Gasteiger partial charge on any atom is -0.422 e. The third-order valence-corrected chi connectivity index (χ3v) is 3.54. The first-order valence-electron chi connectivity index (χ1n) is 7.39. The summed E-state index contributed by atoms with van der Waals surface area (Å²) >= 11 is 0. The van der Waals surface area contributed by atoms with Crippen molar-refractivity contribution in [1.82, 2.24) is 4.73 Å². The van der Waals surface area contributed by atoms with Crippen molar-refractivity contribution in [2.75, 3.05) is 0 Å². The maximum Gasteiger partial charge on any atom is 0.356 e. The predicted molar refractivity (Wildman–Crippen MR) is 85.0 cm³/mol. The molecule has 0 amide bonds. The number of carbonyl (C=O) groups is 4. The molecule has 10 heteroatoms. The molecule has 4 rings (SSSR count). The lowest BCUT2D eigenvalue weighted by atomic mass is 10.1. The largest absolute Gasteiger partial charge is 0.422 e. The zero-order valence-corrected chi connectivity index (χ0v) is 13.2. The average molecular weight is 369 g/mol. The number of carbonyl (C=O) groups excluding carboxylic acids is 4. The van der Waals surface area contributed by atoms with Crippen LogP contribution in [0.15, 0.2) is 47.3 Å². The minimum atomic E-state index is -1.07. The molecule has 1 aromatic carbocycles. The molecular weight excluding hydrogens is 362 g/mol. The molecule has 27 heavy (non-hydrogen) atoms. The van der Waals surface area contributed by atoms with Crippen LogP contribution in [0.25, 0.3) is 10.9 Å². The SMILES string of the molecule is O=C1/C=C\C(=O)On2c(=O)c(c3c4c(cccc42)OC(=O)/C=C\C(=O)O3)O1. The fourth-order valence-corrected chi connectivity index (χ4v) is 2.50. The standard InChI is InChI=1S/C17H7NO9/c19-10-4-5-11(20)25-15-14-8(2-1-3-9(14)24-10)18-17(23)16(15)26-12(21)6-7-13(22)27-18/h1-7H/b5-4-,7-6-. The van der Waals surface area contributed by atoms with E-state index in [9.17, 15) is 24.0 Å². The van der Waals surface area contributed by atoms with Gasteiger partial charge >= 0.3 is 29.4 Å². The minimum absolute atomic E-state index is 0.0570. The van der Waals surface area contributed by atoms with Gasteiger partial charge in [-0.3, -0.25) is 4.79 Å². The average Bonchev–Trinajstić information content (AvgIpc) is 2.71. The van der Waals surface area contributed by atoms with Crippen LogP contribution >= 0.6 is 0 Å². The van der Waals surface area contributed by atoms with Crippen molar-refractivity contribution in [2.24, 2.45) is 0 Å². The van der Waals surface area contributed by atoms with Gasteiger partial charge < -0.3 is 19.0 Å². The molecule has 10 nitrogen and oxygen atoms in total. The Bertz CT molecular complexity index is 1170. The third-order valence-electron chi connectivity index (χ3n) is 3.54. The number of esters is 3. The van der Waals surface area contributed by atoms with Crippen LogP contribution in [0.1, 0.15) is 0 Å². The number of nitrogens with zero attached hydrogens (tertiary/aromatic N) is 1. The van der Waals surface area contributed by atoms with Crippen LogP contribution in [0.5, 0.6) is 17.2 Å². The van der Waals surface area contributed by atoms with Crippen molar-refractivity contribution in [3.05, 3.63) is 52.9 Å². The molecule has 3 heterocycles. The molecule has 2 aliphatic rings. The summed E-state index contributed by atoms with van der Waals surface area (Å²) in [6.45, 7) is 0. The summed E-state index contributed by atoms with van der Waals surface area (Å²) in [7, 11) is 0. The molecule has 0 fully saturated rings. The molecule has 1 aromatic heterocycles. The van der Waals surface area contributed by atoms with E-state index in [1.54, 1.807) is 0 Å². The van der Waals surface area contributed by atoms with E-state index in [2.05, 4.69) is 0 Å². The van der Waals surface area contributed by atoms with Crippen molar-refractivity contribution in [3.63, 3.8) is 0 Å². The number of rotatable bonds is 0. The highest BCUT2D eigenvalue weighted by Gasteiger charge is 2.29. The summed E-state index contributed by atoms with van der Waals surface area (Å²) in [4.78, 5) is 65.1. The van der Waals surface area contributed by atoms with Crippen LogP contribution in [0.4, 0.5) is 0 Å². The first-order valence-corrected chi connectivity index (χ1v) is 7.39. The summed E-state index contributed by atoms with van der Waals surface area (Å²) in [6.07, 6.45) is 3.12. The quantitative estimate of drug-likeness (QED) is 0.458. The van der Waals surface area contributed by atoms with Gasteiger partial charge in [-0.2, -0.15) is 0 Å². The van der Waals surface area contributed by atoms with E-state index in [4.69, 9.17) is 19.0 Å². The van der Waals surface area contributed by atoms with E-state index in [1.165, 1.54) is 18.2 Å². The molecule has 2 aromatic rings. The number of hydrogen-bond acceptors (Lipinski definition) is 9. The molecule has 134 valence electrons. The molecule has 2 bridgehead atoms. The molecular formula is C17H7NO9. The maximum absolute atomic E-state index is 12.7. The normalized spacial score (nSPS) is 18.4. The number of hydrogen-bond donors (Lipinski definition) is 0. The van der Waals surface area contributed by atoms with Gasteiger partial charge in [0.2, 0.25) is 5.75 Å². The van der Waals surface area contributed by atoms with Crippen molar-refractivity contribution in [3.8, 4) is 17.2 Å². The van der Waals surface area contributed by atoms with Crippen molar-refractivity contribution < 1.29 is 38.2 Å². The first kappa shape index (κ1) is 16.3. The van der Waals surface area contributed by atoms with Crippen LogP contribution in [0, 0.1) is 0 Å². The van der Waals surface area contributed by atoms with Crippen LogP contribution < -0.4 is 24.6 Å². The lowest BCUT2D eigenvalue weighted by Crippen LogP contribution is -2.31. The number of ether oxygens (including phenoxy) is 3. The molecule has 0 unspecified atom stereocenters. The van der Waals surface area contributed by atoms with Gasteiger partial charge in [-0.1, -0.05) is 6.07 Å². The topological polar surface area (TPSA) is 127 Å². The van der Waals surface area contributed by atoms with Gasteiger partial charge in [0.1, 0.15) is 5.75 Å². The highest BCUT2D eigenvalue weighted by molar-refractivity contribution is 6.03. The Kier molecular flexibility index (Phi) is 3.58. The first-order chi connectivity index (χ1) is 12.9. The summed E-state index contributed by atoms with van der Waals surface area (Å²) in [5.41, 5.74) is -1.12. The molecule has 0 radical (unpaired) electrons. The smallest absolute Gasteiger partial charge is 0.356 e. The maximum atomic E-state index is 12.7. The van der Waals surface area contributed by atoms with E-state index in [0.717, 1.165) is 24.3 Å². The van der Waals surface area contributed by atoms with Crippen LogP contribution in [-0.4, -0.2) is 28.6 Å². The zero-order valence-electron chi connectivity index (χ0n) is 13.2. The highest BCUT2D eigenvalue weighted by Crippen LogP contribution is 2.39. The second kappa shape index (κ2) is 5.95. The fraction of sp³-hybridized carbons (Fsp3) is 0. The van der Waals surface area contributed by atoms with E-state index < -0.39 is 40.9 Å². The molecule has 0 saturated carbocycles. The van der Waals surface area contributed by atoms with Crippen LogP contribution in [-0.2, 0) is 19.2 Å². The highest BCUT2D eigenvalue weighted by atomic mass is 16.7. The number of pyridine rings is 1. The van der Waals surface area contributed by atoms with E-state index >= 15 is 0 Å². The van der Waals surface area contributed by atoms with Gasteiger partial charge in [0.15, 0.2) is 5.75 Å². The predicted octanol–water partition coefficient (Wildman–Crippen LogP) is -0.188. The van der Waals surface area contributed by atoms with Gasteiger partial charge in [0.25, 0.3) is 0 Å². The number of fused-ring (bicyclic) bond motifs is 4. The molecule has 0 spiro atoms. The lowest BCUT2D eigenvalue weighted by molar-refractivity contribution is -0.138. The molecule has 2 aliphatic heterocycles. The van der Waals surface area contributed by atoms with Crippen LogP contribution in [0.2, 0.25) is 0 Å². The zero-order chi connectivity index (χ0) is 19.1. The Labute approximate surface area is 148 Å². The fourth-order valence-electron chi connectivity index (χ4n) is 2.50. The Hall–Kier alpha value is -4.21. The summed E-state index contributed by atoms with van der Waals surface area (Å²) < 4.78 is 15.8. The van der Waals surface area contributed by atoms with Crippen molar-refractivity contribution in [2.45, 2.75) is 0 Å². The van der Waals surface area contributed by atoms with Gasteiger partial charge in [-0.25, -0.2) is 19.2 Å². The molecule has 0 atom stereocenters. The lowest BCUT2D eigenvalue weighted by Gasteiger charge is -2.16. The Morgan fingerprint density at radius 3 is 1.96 bits per heavy atom. The Balaban J connectivity index is 2.16. The summed E-state index contributed by atoms with van der Waals surface area (Å²) in [6, 6.07) is 4.14. The van der Waals surface area contributed by atoms with Crippen molar-refractivity contribution in [1.29, 1.82) is 0 Å².